The van der Waals surface area contributed by atoms with Crippen molar-refractivity contribution in [3.63, 3.8) is 0 Å². The third kappa shape index (κ3) is 1.10. The molecule has 2 fully saturated rings. The maximum Gasteiger partial charge on any atom is 0.141 e. The summed E-state index contributed by atoms with van der Waals surface area (Å²) in [6.45, 7) is 1.98. The molecule has 3 nitrogen and oxygen atoms in total. The van der Waals surface area contributed by atoms with Gasteiger partial charge in [0.2, 0.25) is 0 Å². The number of nitrogens with one attached hydrogen (secondary N) is 1. The van der Waals surface area contributed by atoms with E-state index in [1.807, 2.05) is 6.92 Å². The van der Waals surface area contributed by atoms with Crippen LogP contribution in [0.5, 0.6) is 0 Å². The van der Waals surface area contributed by atoms with Gasteiger partial charge >= 0.3 is 0 Å². The van der Waals surface area contributed by atoms with Crippen LogP contribution in [0.15, 0.2) is 10.6 Å². The Morgan fingerprint density at radius 2 is 2.46 bits per heavy atom. The number of nitrogens with zero attached hydrogens (tertiary/aromatic N) is 1. The van der Waals surface area contributed by atoms with Gasteiger partial charge in [-0.05, 0) is 26.2 Å². The van der Waals surface area contributed by atoms with Gasteiger partial charge in [-0.2, -0.15) is 0 Å². The summed E-state index contributed by atoms with van der Waals surface area (Å²) < 4.78 is 5.31. The quantitative estimate of drug-likeness (QED) is 0.709. The fourth-order valence-electron chi connectivity index (χ4n) is 2.70. The van der Waals surface area contributed by atoms with Crippen LogP contribution in [0.3, 0.4) is 0 Å². The number of fused-ring (bicyclic) bond motifs is 2. The van der Waals surface area contributed by atoms with E-state index in [1.165, 1.54) is 19.3 Å². The van der Waals surface area contributed by atoms with Crippen molar-refractivity contribution in [2.24, 2.45) is 0 Å². The van der Waals surface area contributed by atoms with E-state index < -0.39 is 0 Å². The summed E-state index contributed by atoms with van der Waals surface area (Å²) in [5.41, 5.74) is 0.998. The average molecular weight is 178 g/mol. The molecule has 3 heterocycles. The normalized spacial score (nSPS) is 37.2. The average Bonchev–Trinajstić information content (AvgIpc) is 2.77. The van der Waals surface area contributed by atoms with Gasteiger partial charge in [0.1, 0.15) is 5.76 Å². The van der Waals surface area contributed by atoms with Gasteiger partial charge in [0.25, 0.3) is 0 Å². The van der Waals surface area contributed by atoms with E-state index >= 15 is 0 Å². The van der Waals surface area contributed by atoms with Crippen LogP contribution in [0.2, 0.25) is 0 Å². The third-order valence-electron chi connectivity index (χ3n) is 3.31. The fourth-order valence-corrected chi connectivity index (χ4v) is 2.70. The molecule has 0 aromatic carbocycles. The van der Waals surface area contributed by atoms with E-state index in [-0.39, 0.29) is 0 Å². The monoisotopic (exact) mass is 178 g/mol. The summed E-state index contributed by atoms with van der Waals surface area (Å²) >= 11 is 0. The zero-order chi connectivity index (χ0) is 8.84. The van der Waals surface area contributed by atoms with Gasteiger partial charge in [0.05, 0.1) is 5.69 Å². The maximum absolute atomic E-state index is 5.31. The van der Waals surface area contributed by atoms with Gasteiger partial charge in [0.15, 0.2) is 0 Å². The highest BCUT2D eigenvalue weighted by atomic mass is 16.5. The van der Waals surface area contributed by atoms with Crippen molar-refractivity contribution in [2.45, 2.75) is 44.2 Å². The minimum atomic E-state index is 0.583. The number of hydrogen-bond donors (Lipinski definition) is 1. The van der Waals surface area contributed by atoms with E-state index in [2.05, 4.69) is 16.5 Å². The highest BCUT2D eigenvalue weighted by molar-refractivity contribution is 5.16. The molecule has 3 rings (SSSR count). The summed E-state index contributed by atoms with van der Waals surface area (Å²) in [5.74, 6) is 1.66. The van der Waals surface area contributed by atoms with Gasteiger partial charge in [-0.15, -0.1) is 0 Å². The largest absolute Gasteiger partial charge is 0.361 e. The van der Waals surface area contributed by atoms with Crippen LogP contribution in [0.4, 0.5) is 0 Å². The first-order chi connectivity index (χ1) is 6.33. The molecule has 1 aromatic rings. The zero-order valence-electron chi connectivity index (χ0n) is 7.79. The molecule has 0 spiro atoms. The van der Waals surface area contributed by atoms with Crippen molar-refractivity contribution >= 4 is 0 Å². The van der Waals surface area contributed by atoms with Crippen LogP contribution in [0.1, 0.15) is 36.6 Å². The SMILES string of the molecule is Cc1cc([C@H]2C[C@@H]3CC[C@H]2N3)on1. The first-order valence-electron chi connectivity index (χ1n) is 5.02. The molecule has 2 saturated heterocycles. The summed E-state index contributed by atoms with van der Waals surface area (Å²) in [6.07, 6.45) is 3.88. The molecule has 0 aliphatic carbocycles. The zero-order valence-corrected chi connectivity index (χ0v) is 7.79. The van der Waals surface area contributed by atoms with Crippen molar-refractivity contribution in [1.29, 1.82) is 0 Å². The van der Waals surface area contributed by atoms with Crippen LogP contribution < -0.4 is 5.32 Å². The second-order valence-electron chi connectivity index (χ2n) is 4.26. The number of aryl methyl sites for hydroxylation is 1. The van der Waals surface area contributed by atoms with Crippen molar-refractivity contribution in [2.75, 3.05) is 0 Å². The highest BCUT2D eigenvalue weighted by Crippen LogP contribution is 2.39. The van der Waals surface area contributed by atoms with E-state index in [0.717, 1.165) is 17.5 Å². The lowest BCUT2D eigenvalue weighted by Gasteiger charge is -2.16. The Balaban J connectivity index is 1.87. The smallest absolute Gasteiger partial charge is 0.141 e. The van der Waals surface area contributed by atoms with E-state index in [1.54, 1.807) is 0 Å². The molecular weight excluding hydrogens is 164 g/mol. The summed E-state index contributed by atoms with van der Waals surface area (Å²) in [4.78, 5) is 0. The van der Waals surface area contributed by atoms with E-state index in [4.69, 9.17) is 4.52 Å². The molecule has 3 atom stereocenters. The molecule has 70 valence electrons. The van der Waals surface area contributed by atoms with Gasteiger partial charge in [-0.3, -0.25) is 0 Å². The molecule has 1 aromatic heterocycles. The van der Waals surface area contributed by atoms with Gasteiger partial charge < -0.3 is 9.84 Å². The van der Waals surface area contributed by atoms with Gasteiger partial charge in [0, 0.05) is 24.1 Å². The Bertz CT molecular complexity index is 320. The summed E-state index contributed by atoms with van der Waals surface area (Å²) in [5, 5.41) is 7.54. The van der Waals surface area contributed by atoms with Gasteiger partial charge in [-0.25, -0.2) is 0 Å². The molecule has 0 saturated carbocycles. The minimum Gasteiger partial charge on any atom is -0.361 e. The predicted octanol–water partition coefficient (Wildman–Crippen LogP) is 1.59. The van der Waals surface area contributed by atoms with Crippen molar-refractivity contribution in [1.82, 2.24) is 10.5 Å². The lowest BCUT2D eigenvalue weighted by Crippen LogP contribution is -2.21. The van der Waals surface area contributed by atoms with Crippen LogP contribution in [0.25, 0.3) is 0 Å². The first kappa shape index (κ1) is 7.56. The van der Waals surface area contributed by atoms with Crippen LogP contribution in [-0.2, 0) is 0 Å². The summed E-state index contributed by atoms with van der Waals surface area (Å²) in [7, 11) is 0. The Hall–Kier alpha value is -0.830. The van der Waals surface area contributed by atoms with E-state index in [9.17, 15) is 0 Å². The second-order valence-corrected chi connectivity index (χ2v) is 4.26. The Labute approximate surface area is 77.5 Å². The predicted molar refractivity (Wildman–Crippen MR) is 48.5 cm³/mol. The molecule has 0 unspecified atom stereocenters. The highest BCUT2D eigenvalue weighted by Gasteiger charge is 2.41. The lowest BCUT2D eigenvalue weighted by atomic mass is 9.87. The Kier molecular flexibility index (Phi) is 1.50. The molecule has 0 amide bonds. The number of aromatic nitrogens is 1. The van der Waals surface area contributed by atoms with E-state index in [0.29, 0.717) is 12.0 Å². The van der Waals surface area contributed by atoms with Crippen molar-refractivity contribution < 1.29 is 4.52 Å². The Morgan fingerprint density at radius 3 is 3.00 bits per heavy atom. The fraction of sp³-hybridized carbons (Fsp3) is 0.700. The Morgan fingerprint density at radius 1 is 1.54 bits per heavy atom. The third-order valence-corrected chi connectivity index (χ3v) is 3.31. The topological polar surface area (TPSA) is 38.1 Å². The summed E-state index contributed by atoms with van der Waals surface area (Å²) in [6, 6.07) is 3.46. The molecule has 13 heavy (non-hydrogen) atoms. The molecule has 2 aliphatic heterocycles. The molecule has 1 N–H and O–H groups in total. The van der Waals surface area contributed by atoms with Crippen LogP contribution in [0, 0.1) is 6.92 Å². The minimum absolute atomic E-state index is 0.583. The number of hydrogen-bond acceptors (Lipinski definition) is 3. The van der Waals surface area contributed by atoms with Crippen LogP contribution >= 0.6 is 0 Å². The molecule has 2 bridgehead atoms. The number of rotatable bonds is 1. The standard InChI is InChI=1S/C10H14N2O/c1-6-4-10(13-12-6)8-5-7-2-3-9(8)11-7/h4,7-9,11H,2-3,5H2,1H3/t7-,8-,9+/m0/s1. The lowest BCUT2D eigenvalue weighted by molar-refractivity contribution is 0.334. The van der Waals surface area contributed by atoms with Crippen molar-refractivity contribution in [3.05, 3.63) is 17.5 Å². The van der Waals surface area contributed by atoms with Gasteiger partial charge in [-0.1, -0.05) is 5.16 Å². The van der Waals surface area contributed by atoms with Crippen LogP contribution in [-0.4, -0.2) is 17.2 Å². The van der Waals surface area contributed by atoms with Crippen molar-refractivity contribution in [3.8, 4) is 0 Å². The maximum atomic E-state index is 5.31. The molecule has 3 heteroatoms. The first-order valence-corrected chi connectivity index (χ1v) is 5.02. The molecule has 2 aliphatic rings. The molecular formula is C10H14N2O. The molecule has 0 radical (unpaired) electrons. The second kappa shape index (κ2) is 2.58.